The third-order valence-corrected chi connectivity index (χ3v) is 6.20. The van der Waals surface area contributed by atoms with Gasteiger partial charge in [0.25, 0.3) is 0 Å². The van der Waals surface area contributed by atoms with E-state index in [9.17, 15) is 0 Å². The molecule has 3 aromatic rings. The van der Waals surface area contributed by atoms with Crippen molar-refractivity contribution in [2.45, 2.75) is 45.1 Å². The van der Waals surface area contributed by atoms with E-state index in [-0.39, 0.29) is 5.60 Å². The van der Waals surface area contributed by atoms with Crippen LogP contribution in [0, 0.1) is 5.92 Å². The maximum Gasteiger partial charge on any atom is 0.100 e. The van der Waals surface area contributed by atoms with Crippen LogP contribution in [-0.4, -0.2) is 29.2 Å². The molecule has 0 radical (unpaired) electrons. The summed E-state index contributed by atoms with van der Waals surface area (Å²) < 4.78 is 8.40. The van der Waals surface area contributed by atoms with Gasteiger partial charge in [0.05, 0.1) is 23.2 Å². The van der Waals surface area contributed by atoms with Crippen LogP contribution in [0.15, 0.2) is 48.8 Å². The molecule has 1 saturated carbocycles. The molecule has 1 saturated heterocycles. The Morgan fingerprint density at radius 3 is 2.61 bits per heavy atom. The molecule has 1 aromatic heterocycles. The number of imidazole rings is 1. The summed E-state index contributed by atoms with van der Waals surface area (Å²) in [4.78, 5) is 7.17. The van der Waals surface area contributed by atoms with E-state index in [4.69, 9.17) is 9.72 Å². The molecule has 28 heavy (non-hydrogen) atoms. The quantitative estimate of drug-likeness (QED) is 0.587. The highest BCUT2D eigenvalue weighted by Gasteiger charge is 2.28. The lowest BCUT2D eigenvalue weighted by Crippen LogP contribution is -2.22. The topological polar surface area (TPSA) is 30.3 Å². The molecule has 2 heterocycles. The van der Waals surface area contributed by atoms with Crippen molar-refractivity contribution in [3.8, 4) is 5.69 Å². The van der Waals surface area contributed by atoms with E-state index in [1.54, 1.807) is 0 Å². The van der Waals surface area contributed by atoms with Gasteiger partial charge < -0.3 is 9.64 Å². The Morgan fingerprint density at radius 2 is 1.82 bits per heavy atom. The summed E-state index contributed by atoms with van der Waals surface area (Å²) >= 11 is 0. The van der Waals surface area contributed by atoms with E-state index in [0.717, 1.165) is 36.6 Å². The third-order valence-electron chi connectivity index (χ3n) is 6.20. The first-order valence-corrected chi connectivity index (χ1v) is 10.6. The van der Waals surface area contributed by atoms with Gasteiger partial charge in [-0.3, -0.25) is 4.57 Å². The molecule has 5 rings (SSSR count). The van der Waals surface area contributed by atoms with E-state index < -0.39 is 0 Å². The van der Waals surface area contributed by atoms with Gasteiger partial charge in [-0.05, 0) is 81.3 Å². The number of hydrogen-bond donors (Lipinski definition) is 0. The van der Waals surface area contributed by atoms with Gasteiger partial charge in [-0.2, -0.15) is 0 Å². The largest absolute Gasteiger partial charge is 0.371 e. The zero-order chi connectivity index (χ0) is 19.1. The van der Waals surface area contributed by atoms with Crippen molar-refractivity contribution in [3.63, 3.8) is 0 Å². The van der Waals surface area contributed by atoms with E-state index >= 15 is 0 Å². The average molecular weight is 376 g/mol. The summed E-state index contributed by atoms with van der Waals surface area (Å²) in [7, 11) is 0. The monoisotopic (exact) mass is 375 g/mol. The van der Waals surface area contributed by atoms with Crippen molar-refractivity contribution in [1.82, 2.24) is 9.55 Å². The fraction of sp³-hybridized carbons (Fsp3) is 0.458. The number of rotatable bonds is 6. The highest BCUT2D eigenvalue weighted by molar-refractivity contribution is 5.78. The average Bonchev–Trinajstić information content (AvgIpc) is 3.20. The summed E-state index contributed by atoms with van der Waals surface area (Å²) in [5.74, 6) is 0.769. The molecule has 0 unspecified atom stereocenters. The lowest BCUT2D eigenvalue weighted by Gasteiger charge is -2.26. The molecule has 1 aliphatic heterocycles. The number of nitrogens with zero attached hydrogens (tertiary/aromatic N) is 3. The van der Waals surface area contributed by atoms with Gasteiger partial charge in [0.15, 0.2) is 0 Å². The van der Waals surface area contributed by atoms with Gasteiger partial charge >= 0.3 is 0 Å². The molecule has 4 nitrogen and oxygen atoms in total. The highest BCUT2D eigenvalue weighted by Crippen LogP contribution is 2.34. The Labute approximate surface area is 167 Å². The predicted molar refractivity (Wildman–Crippen MR) is 114 cm³/mol. The number of ether oxygens (including phenoxy) is 1. The minimum Gasteiger partial charge on any atom is -0.371 e. The van der Waals surface area contributed by atoms with Crippen LogP contribution in [0.5, 0.6) is 0 Å². The summed E-state index contributed by atoms with van der Waals surface area (Å²) in [6.45, 7) is 7.50. The fourth-order valence-corrected chi connectivity index (χ4v) is 4.10. The van der Waals surface area contributed by atoms with Crippen molar-refractivity contribution in [2.75, 3.05) is 24.6 Å². The Hall–Kier alpha value is -2.33. The number of anilines is 1. The molecule has 0 N–H and O–H groups in total. The molecule has 1 aliphatic carbocycles. The number of benzene rings is 2. The molecule has 4 heteroatoms. The third kappa shape index (κ3) is 3.42. The lowest BCUT2D eigenvalue weighted by molar-refractivity contribution is -0.0272. The van der Waals surface area contributed by atoms with E-state index in [1.165, 1.54) is 42.6 Å². The molecule has 2 aromatic carbocycles. The van der Waals surface area contributed by atoms with Crippen LogP contribution in [0.25, 0.3) is 16.7 Å². The number of aromatic nitrogens is 2. The van der Waals surface area contributed by atoms with Gasteiger partial charge in [-0.1, -0.05) is 12.1 Å². The molecule has 0 spiro atoms. The Morgan fingerprint density at radius 1 is 1.04 bits per heavy atom. The number of fused-ring (bicyclic) bond motifs is 1. The van der Waals surface area contributed by atoms with Crippen molar-refractivity contribution >= 4 is 16.7 Å². The Kier molecular flexibility index (Phi) is 4.39. The van der Waals surface area contributed by atoms with Crippen LogP contribution in [-0.2, 0) is 10.3 Å². The second kappa shape index (κ2) is 6.93. The second-order valence-electron chi connectivity index (χ2n) is 8.80. The van der Waals surface area contributed by atoms with E-state index in [0.29, 0.717) is 0 Å². The summed E-state index contributed by atoms with van der Waals surface area (Å²) in [5.41, 5.74) is 5.55. The molecule has 2 aliphatic rings. The standard InChI is InChI=1S/C24H29N3O/c1-24(2,28-16-18-8-9-18)19-10-11-23-22(14-19)25-17-27(23)21-7-5-6-20(15-21)26-12-3-4-13-26/h5-7,10-11,14-15,17-18H,3-4,8-9,12-13,16H2,1-2H3. The molecular formula is C24H29N3O. The highest BCUT2D eigenvalue weighted by atomic mass is 16.5. The van der Waals surface area contributed by atoms with E-state index in [2.05, 4.69) is 65.8 Å². The second-order valence-corrected chi connectivity index (χ2v) is 8.80. The normalized spacial score (nSPS) is 17.6. The van der Waals surface area contributed by atoms with Crippen LogP contribution in [0.4, 0.5) is 5.69 Å². The van der Waals surface area contributed by atoms with Gasteiger partial charge in [0, 0.05) is 24.5 Å². The fourth-order valence-electron chi connectivity index (χ4n) is 4.10. The molecule has 146 valence electrons. The minimum absolute atomic E-state index is 0.282. The van der Waals surface area contributed by atoms with Gasteiger partial charge in [0.1, 0.15) is 6.33 Å². The molecule has 0 amide bonds. The van der Waals surface area contributed by atoms with Crippen LogP contribution >= 0.6 is 0 Å². The molecule has 2 fully saturated rings. The maximum atomic E-state index is 6.21. The van der Waals surface area contributed by atoms with Crippen LogP contribution in [0.2, 0.25) is 0 Å². The molecule has 0 atom stereocenters. The summed E-state index contributed by atoms with van der Waals surface area (Å²) in [5, 5.41) is 0. The SMILES string of the molecule is CC(C)(OCC1CC1)c1ccc2c(c1)ncn2-c1cccc(N2CCCC2)c1. The van der Waals surface area contributed by atoms with Crippen molar-refractivity contribution in [2.24, 2.45) is 5.92 Å². The van der Waals surface area contributed by atoms with Gasteiger partial charge in [-0.15, -0.1) is 0 Å². The lowest BCUT2D eigenvalue weighted by atomic mass is 9.97. The van der Waals surface area contributed by atoms with Crippen LogP contribution in [0.1, 0.15) is 45.1 Å². The van der Waals surface area contributed by atoms with Crippen molar-refractivity contribution in [1.29, 1.82) is 0 Å². The van der Waals surface area contributed by atoms with Crippen LogP contribution in [0.3, 0.4) is 0 Å². The van der Waals surface area contributed by atoms with Gasteiger partial charge in [-0.25, -0.2) is 4.98 Å². The Bertz CT molecular complexity index is 980. The number of hydrogen-bond acceptors (Lipinski definition) is 3. The van der Waals surface area contributed by atoms with Crippen LogP contribution < -0.4 is 4.90 Å². The van der Waals surface area contributed by atoms with E-state index in [1.807, 2.05) is 6.33 Å². The summed E-state index contributed by atoms with van der Waals surface area (Å²) in [6.07, 6.45) is 7.15. The predicted octanol–water partition coefficient (Wildman–Crippen LogP) is 5.29. The molecule has 0 bridgehead atoms. The zero-order valence-electron chi connectivity index (χ0n) is 16.9. The van der Waals surface area contributed by atoms with Gasteiger partial charge in [0.2, 0.25) is 0 Å². The first-order valence-electron chi connectivity index (χ1n) is 10.6. The smallest absolute Gasteiger partial charge is 0.100 e. The first kappa shape index (κ1) is 17.7. The van der Waals surface area contributed by atoms with Crippen molar-refractivity contribution in [3.05, 3.63) is 54.4 Å². The maximum absolute atomic E-state index is 6.21. The zero-order valence-corrected chi connectivity index (χ0v) is 16.9. The Balaban J connectivity index is 1.44. The minimum atomic E-state index is -0.282. The van der Waals surface area contributed by atoms with Crippen molar-refractivity contribution < 1.29 is 4.74 Å². The summed E-state index contributed by atoms with van der Waals surface area (Å²) in [6, 6.07) is 15.4. The first-order chi connectivity index (χ1) is 13.6. The molecular weight excluding hydrogens is 346 g/mol.